The molecule has 2 atom stereocenters. The lowest BCUT2D eigenvalue weighted by Crippen LogP contribution is -2.12. The predicted octanol–water partition coefficient (Wildman–Crippen LogP) is 5.24. The SMILES string of the molecule is C=C1P(C)P(C)CCCCCC1(C)C. The molecule has 0 N–H and O–H groups in total. The monoisotopic (exact) mass is 230 g/mol. The molecule has 0 nitrogen and oxygen atoms in total. The molecule has 0 bridgehead atoms. The first kappa shape index (κ1) is 12.7. The highest BCUT2D eigenvalue weighted by molar-refractivity contribution is 8.31. The summed E-state index contributed by atoms with van der Waals surface area (Å²) in [5, 5.41) is 1.57. The highest BCUT2D eigenvalue weighted by atomic mass is 32.1. The summed E-state index contributed by atoms with van der Waals surface area (Å²) < 4.78 is 0. The molecular weight excluding hydrogens is 206 g/mol. The van der Waals surface area contributed by atoms with Gasteiger partial charge in [-0.15, -0.1) is 0 Å². The Morgan fingerprint density at radius 1 is 1.14 bits per heavy atom. The van der Waals surface area contributed by atoms with E-state index in [0.717, 1.165) is 0 Å². The Morgan fingerprint density at radius 3 is 2.43 bits per heavy atom. The average molecular weight is 230 g/mol. The van der Waals surface area contributed by atoms with Gasteiger partial charge in [-0.1, -0.05) is 48.5 Å². The summed E-state index contributed by atoms with van der Waals surface area (Å²) in [5.74, 6) is 0. The fraction of sp³-hybridized carbons (Fsp3) is 0.833. The quantitative estimate of drug-likeness (QED) is 0.499. The third-order valence-corrected chi connectivity index (χ3v) is 11.2. The second-order valence-corrected chi connectivity index (χ2v) is 12.2. The van der Waals surface area contributed by atoms with Gasteiger partial charge < -0.3 is 0 Å². The third kappa shape index (κ3) is 3.04. The van der Waals surface area contributed by atoms with Crippen molar-refractivity contribution in [3.8, 4) is 0 Å². The van der Waals surface area contributed by atoms with E-state index in [4.69, 9.17) is 0 Å². The maximum Gasteiger partial charge on any atom is -0.0102 e. The van der Waals surface area contributed by atoms with E-state index >= 15 is 0 Å². The van der Waals surface area contributed by atoms with Crippen LogP contribution in [-0.2, 0) is 0 Å². The van der Waals surface area contributed by atoms with E-state index in [1.807, 2.05) is 0 Å². The van der Waals surface area contributed by atoms with Crippen LogP contribution in [0.5, 0.6) is 0 Å². The number of allylic oxidation sites excluding steroid dienone is 1. The molecule has 2 heteroatoms. The smallest absolute Gasteiger partial charge is 0.0102 e. The van der Waals surface area contributed by atoms with Crippen molar-refractivity contribution in [3.05, 3.63) is 11.9 Å². The summed E-state index contributed by atoms with van der Waals surface area (Å²) in [6, 6.07) is 0. The molecule has 0 aromatic rings. The van der Waals surface area contributed by atoms with E-state index in [2.05, 4.69) is 33.8 Å². The fourth-order valence-corrected chi connectivity index (χ4v) is 7.78. The first-order valence-electron chi connectivity index (χ1n) is 5.59. The molecule has 1 rings (SSSR count). The zero-order chi connectivity index (χ0) is 10.8. The summed E-state index contributed by atoms with van der Waals surface area (Å²) in [5.41, 5.74) is 0.404. The molecule has 0 saturated carbocycles. The molecule has 14 heavy (non-hydrogen) atoms. The van der Waals surface area contributed by atoms with Gasteiger partial charge in [0.15, 0.2) is 0 Å². The van der Waals surface area contributed by atoms with E-state index < -0.39 is 0 Å². The molecule has 2 unspecified atom stereocenters. The van der Waals surface area contributed by atoms with Gasteiger partial charge in [0.05, 0.1) is 0 Å². The van der Waals surface area contributed by atoms with Crippen molar-refractivity contribution in [2.75, 3.05) is 19.5 Å². The lowest BCUT2D eigenvalue weighted by molar-refractivity contribution is 0.407. The van der Waals surface area contributed by atoms with Crippen molar-refractivity contribution in [3.63, 3.8) is 0 Å². The normalized spacial score (nSPS) is 34.4. The molecule has 1 aliphatic heterocycles. The highest BCUT2D eigenvalue weighted by Crippen LogP contribution is 2.72. The number of hydrogen-bond donors (Lipinski definition) is 0. The van der Waals surface area contributed by atoms with Crippen LogP contribution in [0.4, 0.5) is 0 Å². The van der Waals surface area contributed by atoms with Gasteiger partial charge in [0, 0.05) is 0 Å². The van der Waals surface area contributed by atoms with Gasteiger partial charge in [-0.25, -0.2) is 0 Å². The van der Waals surface area contributed by atoms with Crippen LogP contribution in [0.3, 0.4) is 0 Å². The largest absolute Gasteiger partial charge is 0.0945 e. The maximum absolute atomic E-state index is 4.39. The Bertz CT molecular complexity index is 208. The third-order valence-electron chi connectivity index (χ3n) is 3.47. The summed E-state index contributed by atoms with van der Waals surface area (Å²) in [7, 11) is 0.362. The molecule has 0 aromatic carbocycles. The molecule has 0 aromatic heterocycles. The first-order valence-corrected chi connectivity index (χ1v) is 10.1. The van der Waals surface area contributed by atoms with E-state index in [0.29, 0.717) is 5.41 Å². The summed E-state index contributed by atoms with van der Waals surface area (Å²) in [6.45, 7) is 14.1. The second kappa shape index (κ2) is 5.09. The zero-order valence-corrected chi connectivity index (χ0v) is 11.9. The van der Waals surface area contributed by atoms with E-state index in [1.54, 1.807) is 5.31 Å². The summed E-state index contributed by atoms with van der Waals surface area (Å²) in [4.78, 5) is 0. The Balaban J connectivity index is 2.78. The van der Waals surface area contributed by atoms with Crippen molar-refractivity contribution in [2.45, 2.75) is 39.5 Å². The van der Waals surface area contributed by atoms with Crippen molar-refractivity contribution < 1.29 is 0 Å². The zero-order valence-electron chi connectivity index (χ0n) is 10.1. The van der Waals surface area contributed by atoms with Gasteiger partial charge in [0.25, 0.3) is 0 Å². The van der Waals surface area contributed by atoms with Crippen molar-refractivity contribution in [2.24, 2.45) is 5.41 Å². The Hall–Kier alpha value is 0.600. The van der Waals surface area contributed by atoms with E-state index in [9.17, 15) is 0 Å². The average Bonchev–Trinajstić information content (AvgIpc) is 2.16. The lowest BCUT2D eigenvalue weighted by Gasteiger charge is -2.33. The van der Waals surface area contributed by atoms with Crippen LogP contribution in [-0.4, -0.2) is 19.5 Å². The van der Waals surface area contributed by atoms with Crippen LogP contribution < -0.4 is 0 Å². The van der Waals surface area contributed by atoms with Gasteiger partial charge >= 0.3 is 0 Å². The van der Waals surface area contributed by atoms with E-state index in [-0.39, 0.29) is 15.2 Å². The van der Waals surface area contributed by atoms with Crippen LogP contribution in [0.15, 0.2) is 11.9 Å². The first-order chi connectivity index (χ1) is 6.45. The highest BCUT2D eigenvalue weighted by Gasteiger charge is 2.28. The molecular formula is C12H24P2. The maximum atomic E-state index is 4.39. The molecule has 0 amide bonds. The van der Waals surface area contributed by atoms with Crippen LogP contribution >= 0.6 is 15.2 Å². The minimum atomic E-state index is 0.108. The van der Waals surface area contributed by atoms with Gasteiger partial charge in [-0.3, -0.25) is 0 Å². The van der Waals surface area contributed by atoms with Gasteiger partial charge in [-0.2, -0.15) is 0 Å². The Morgan fingerprint density at radius 2 is 1.79 bits per heavy atom. The topological polar surface area (TPSA) is 0 Å². The van der Waals surface area contributed by atoms with Crippen LogP contribution in [0.1, 0.15) is 39.5 Å². The second-order valence-electron chi connectivity index (χ2n) is 5.05. The molecule has 0 spiro atoms. The molecule has 0 aliphatic carbocycles. The standard InChI is InChI=1S/C12H24P2/c1-11-12(2,3)9-7-6-8-10-13(4)14(11)5/h1,6-10H2,2-5H3. The van der Waals surface area contributed by atoms with Crippen molar-refractivity contribution in [1.82, 2.24) is 0 Å². The molecule has 1 fully saturated rings. The summed E-state index contributed by atoms with van der Waals surface area (Å²) in [6.07, 6.45) is 7.12. The van der Waals surface area contributed by atoms with Crippen LogP contribution in [0.25, 0.3) is 0 Å². The minimum Gasteiger partial charge on any atom is -0.0945 e. The van der Waals surface area contributed by atoms with Gasteiger partial charge in [0.1, 0.15) is 0 Å². The molecule has 1 saturated heterocycles. The van der Waals surface area contributed by atoms with E-state index in [1.165, 1.54) is 31.8 Å². The minimum absolute atomic E-state index is 0.108. The molecule has 0 radical (unpaired) electrons. The summed E-state index contributed by atoms with van der Waals surface area (Å²) >= 11 is 0. The number of rotatable bonds is 0. The van der Waals surface area contributed by atoms with Crippen LogP contribution in [0, 0.1) is 5.41 Å². The fourth-order valence-electron chi connectivity index (χ4n) is 2.02. The Kier molecular flexibility index (Phi) is 4.60. The molecule has 1 aliphatic rings. The van der Waals surface area contributed by atoms with Crippen molar-refractivity contribution >= 4 is 15.2 Å². The van der Waals surface area contributed by atoms with Gasteiger partial charge in [-0.05, 0) is 43.1 Å². The Labute approximate surface area is 92.0 Å². The molecule has 82 valence electrons. The van der Waals surface area contributed by atoms with Gasteiger partial charge in [0.2, 0.25) is 0 Å². The molecule has 1 heterocycles. The predicted molar refractivity (Wildman–Crippen MR) is 71.9 cm³/mol. The lowest BCUT2D eigenvalue weighted by atomic mass is 9.87. The number of hydrogen-bond acceptors (Lipinski definition) is 0. The van der Waals surface area contributed by atoms with Crippen LogP contribution in [0.2, 0.25) is 0 Å². The van der Waals surface area contributed by atoms with Crippen molar-refractivity contribution in [1.29, 1.82) is 0 Å².